The van der Waals surface area contributed by atoms with Crippen molar-refractivity contribution in [1.29, 1.82) is 0 Å². The van der Waals surface area contributed by atoms with Crippen LogP contribution in [0.3, 0.4) is 0 Å². The maximum Gasteiger partial charge on any atom is 0.301 e. The molecule has 0 bridgehead atoms. The maximum absolute atomic E-state index is 11.4. The Hall–Kier alpha value is -1.48. The van der Waals surface area contributed by atoms with Crippen LogP contribution >= 0.6 is 0 Å². The summed E-state index contributed by atoms with van der Waals surface area (Å²) in [7, 11) is 1.86. The average molecular weight is 313 g/mol. The molecule has 1 aromatic heterocycles. The van der Waals surface area contributed by atoms with E-state index in [0.29, 0.717) is 13.2 Å². The molecule has 0 spiro atoms. The average Bonchev–Trinajstić information content (AvgIpc) is 2.83. The Bertz CT molecular complexity index is 550. The van der Waals surface area contributed by atoms with Crippen LogP contribution in [0.25, 0.3) is 0 Å². The second-order valence-electron chi connectivity index (χ2n) is 5.19. The van der Waals surface area contributed by atoms with Gasteiger partial charge in [-0.15, -0.1) is 0 Å². The van der Waals surface area contributed by atoms with Gasteiger partial charge in [-0.25, -0.2) is 0 Å². The van der Waals surface area contributed by atoms with Gasteiger partial charge in [0.05, 0.1) is 19.3 Å². The first-order chi connectivity index (χ1) is 10.5. The molecule has 0 aliphatic carbocycles. The van der Waals surface area contributed by atoms with Crippen LogP contribution in [-0.2, 0) is 4.74 Å². The number of likely N-dealkylation sites (N-methyl/N-ethyl adjacent to an activating group) is 1. The first-order valence-corrected chi connectivity index (χ1v) is 7.40. The Labute approximate surface area is 128 Å². The third kappa shape index (κ3) is 3.14. The predicted molar refractivity (Wildman–Crippen MR) is 78.8 cm³/mol. The Kier molecular flexibility index (Phi) is 5.52. The highest BCUT2D eigenvalue weighted by Crippen LogP contribution is 2.34. The van der Waals surface area contributed by atoms with E-state index < -0.39 is 24.0 Å². The number of nitrogens with zero attached hydrogens (tertiary/aromatic N) is 3. The largest absolute Gasteiger partial charge is 0.465 e. The van der Waals surface area contributed by atoms with Gasteiger partial charge in [0.1, 0.15) is 12.2 Å². The lowest BCUT2D eigenvalue weighted by atomic mass is 10.1. The van der Waals surface area contributed by atoms with Crippen LogP contribution in [0.15, 0.2) is 17.1 Å². The van der Waals surface area contributed by atoms with Crippen LogP contribution in [0.4, 0.5) is 0 Å². The minimum absolute atomic E-state index is 0.139. The molecule has 0 radical (unpaired) electrons. The molecule has 8 nitrogen and oxygen atoms in total. The van der Waals surface area contributed by atoms with Crippen molar-refractivity contribution in [2.24, 2.45) is 0 Å². The molecule has 2 rings (SSSR count). The Morgan fingerprint density at radius 3 is 2.82 bits per heavy atom. The first-order valence-electron chi connectivity index (χ1n) is 7.40. The number of rotatable bonds is 6. The monoisotopic (exact) mass is 313 g/mol. The maximum atomic E-state index is 11.4. The number of aliphatic hydroxyl groups is 2. The molecule has 8 heteroatoms. The third-order valence-electron chi connectivity index (χ3n) is 3.88. The van der Waals surface area contributed by atoms with Crippen molar-refractivity contribution in [2.45, 2.75) is 38.3 Å². The molecule has 4 atom stereocenters. The van der Waals surface area contributed by atoms with E-state index in [2.05, 4.69) is 4.98 Å². The molecule has 1 fully saturated rings. The summed E-state index contributed by atoms with van der Waals surface area (Å²) in [6.45, 7) is 4.51. The van der Waals surface area contributed by atoms with Crippen LogP contribution in [0.1, 0.15) is 20.1 Å². The van der Waals surface area contributed by atoms with Crippen LogP contribution in [0, 0.1) is 0 Å². The molecule has 0 amide bonds. The Morgan fingerprint density at radius 1 is 1.50 bits per heavy atom. The highest BCUT2D eigenvalue weighted by molar-refractivity contribution is 5.05. The fourth-order valence-corrected chi connectivity index (χ4v) is 2.63. The summed E-state index contributed by atoms with van der Waals surface area (Å²) in [5.41, 5.74) is -0.405. The fourth-order valence-electron chi connectivity index (χ4n) is 2.63. The summed E-state index contributed by atoms with van der Waals surface area (Å²) in [6.07, 6.45) is -0.618. The second-order valence-corrected chi connectivity index (χ2v) is 5.19. The van der Waals surface area contributed by atoms with E-state index >= 15 is 0 Å². The van der Waals surface area contributed by atoms with Crippen molar-refractivity contribution in [3.8, 4) is 6.01 Å². The van der Waals surface area contributed by atoms with Gasteiger partial charge >= 0.3 is 6.01 Å². The van der Waals surface area contributed by atoms with Gasteiger partial charge in [0, 0.05) is 12.3 Å². The van der Waals surface area contributed by atoms with E-state index in [0.717, 1.165) is 0 Å². The van der Waals surface area contributed by atoms with Crippen molar-refractivity contribution in [3.05, 3.63) is 22.6 Å². The van der Waals surface area contributed by atoms with E-state index in [1.54, 1.807) is 11.5 Å². The molecule has 1 unspecified atom stereocenters. The molecular formula is C14H23N3O5. The van der Waals surface area contributed by atoms with Crippen LogP contribution in [-0.4, -0.2) is 69.7 Å². The standard InChI is InChI=1S/C14H23N3O5/c1-4-16(3)11-12(20)9(8-18)22-13(11)17-7-6-10(19)15-14(17)21-5-2/h6-7,9,11-13,18,20H,4-5,8H2,1-3H3/t9-,11?,12+,13-/m1/s1. The minimum Gasteiger partial charge on any atom is -0.465 e. The third-order valence-corrected chi connectivity index (χ3v) is 3.88. The summed E-state index contributed by atoms with van der Waals surface area (Å²) in [6, 6.07) is 1.07. The number of hydrogen-bond acceptors (Lipinski definition) is 7. The first kappa shape index (κ1) is 16.9. The lowest BCUT2D eigenvalue weighted by Gasteiger charge is -2.30. The van der Waals surface area contributed by atoms with Crippen molar-refractivity contribution in [2.75, 3.05) is 26.8 Å². The molecule has 0 saturated carbocycles. The number of ether oxygens (including phenoxy) is 2. The summed E-state index contributed by atoms with van der Waals surface area (Å²) in [5.74, 6) is 0. The molecule has 22 heavy (non-hydrogen) atoms. The smallest absolute Gasteiger partial charge is 0.301 e. The summed E-state index contributed by atoms with van der Waals surface area (Å²) in [4.78, 5) is 17.2. The number of aromatic nitrogens is 2. The quantitative estimate of drug-likeness (QED) is 0.710. The van der Waals surface area contributed by atoms with Crippen molar-refractivity contribution < 1.29 is 19.7 Å². The summed E-state index contributed by atoms with van der Waals surface area (Å²) in [5, 5.41) is 19.8. The van der Waals surface area contributed by atoms with Crippen molar-refractivity contribution >= 4 is 0 Å². The second kappa shape index (κ2) is 7.19. The van der Waals surface area contributed by atoms with Gasteiger partial charge in [-0.1, -0.05) is 6.92 Å². The van der Waals surface area contributed by atoms with Crippen molar-refractivity contribution in [1.82, 2.24) is 14.5 Å². The van der Waals surface area contributed by atoms with Gasteiger partial charge < -0.3 is 19.7 Å². The lowest BCUT2D eigenvalue weighted by molar-refractivity contribution is -0.0511. The zero-order chi connectivity index (χ0) is 16.3. The Balaban J connectivity index is 2.42. The normalized spacial score (nSPS) is 28.3. The number of aliphatic hydroxyl groups excluding tert-OH is 2. The molecule has 124 valence electrons. The van der Waals surface area contributed by atoms with Gasteiger partial charge in [0.2, 0.25) is 0 Å². The highest BCUT2D eigenvalue weighted by atomic mass is 16.6. The zero-order valence-corrected chi connectivity index (χ0v) is 13.0. The van der Waals surface area contributed by atoms with Crippen LogP contribution < -0.4 is 10.3 Å². The molecule has 0 aromatic carbocycles. The topological polar surface area (TPSA) is 97.0 Å². The fraction of sp³-hybridized carbons (Fsp3) is 0.714. The SMILES string of the molecule is CCOc1nc(=O)ccn1[C@@H]1O[C@H](CO)[C@H](O)C1N(C)CC. The van der Waals surface area contributed by atoms with Gasteiger partial charge in [-0.05, 0) is 20.5 Å². The van der Waals surface area contributed by atoms with E-state index in [-0.39, 0.29) is 18.7 Å². The van der Waals surface area contributed by atoms with E-state index in [1.807, 2.05) is 18.9 Å². The van der Waals surface area contributed by atoms with Crippen LogP contribution in [0.5, 0.6) is 6.01 Å². The Morgan fingerprint density at radius 2 is 2.23 bits per heavy atom. The highest BCUT2D eigenvalue weighted by Gasteiger charge is 2.46. The van der Waals surface area contributed by atoms with Crippen LogP contribution in [0.2, 0.25) is 0 Å². The van der Waals surface area contributed by atoms with Crippen molar-refractivity contribution in [3.63, 3.8) is 0 Å². The van der Waals surface area contributed by atoms with Gasteiger partial charge in [0.25, 0.3) is 5.56 Å². The molecule has 1 saturated heterocycles. The number of hydrogen-bond donors (Lipinski definition) is 2. The van der Waals surface area contributed by atoms with Gasteiger partial charge in [-0.3, -0.25) is 14.3 Å². The summed E-state index contributed by atoms with van der Waals surface area (Å²) >= 11 is 0. The molecular weight excluding hydrogens is 290 g/mol. The molecule has 1 aromatic rings. The molecule has 1 aliphatic heterocycles. The predicted octanol–water partition coefficient (Wildman–Crippen LogP) is -0.787. The van der Waals surface area contributed by atoms with E-state index in [1.165, 1.54) is 12.3 Å². The van der Waals surface area contributed by atoms with Gasteiger partial charge in [-0.2, -0.15) is 4.98 Å². The molecule has 2 N–H and O–H groups in total. The minimum atomic E-state index is -0.853. The van der Waals surface area contributed by atoms with Gasteiger partial charge in [0.15, 0.2) is 6.23 Å². The van der Waals surface area contributed by atoms with E-state index in [9.17, 15) is 15.0 Å². The lowest BCUT2D eigenvalue weighted by Crippen LogP contribution is -2.45. The zero-order valence-electron chi connectivity index (χ0n) is 13.0. The summed E-state index contributed by atoms with van der Waals surface area (Å²) < 4.78 is 12.8. The van der Waals surface area contributed by atoms with E-state index in [4.69, 9.17) is 9.47 Å². The molecule has 1 aliphatic rings. The molecule has 2 heterocycles.